The smallest absolute Gasteiger partial charge is 0.406 e. The Labute approximate surface area is 195 Å². The van der Waals surface area contributed by atoms with Crippen LogP contribution in [0.4, 0.5) is 4.79 Å². The summed E-state index contributed by atoms with van der Waals surface area (Å²) in [6.07, 6.45) is 9.11. The van der Waals surface area contributed by atoms with Crippen LogP contribution >= 0.6 is 0 Å². The number of alkyl carbamates (subject to hydrolysis) is 1. The molecule has 3 N–H and O–H groups in total. The summed E-state index contributed by atoms with van der Waals surface area (Å²) in [5, 5.41) is 25.1. The normalized spacial score (nSPS) is 48.8. The van der Waals surface area contributed by atoms with E-state index < -0.39 is 0 Å². The summed E-state index contributed by atoms with van der Waals surface area (Å²) >= 11 is 0. The molecule has 184 valence electrons. The van der Waals surface area contributed by atoms with Gasteiger partial charge in [0, 0.05) is 6.54 Å². The molecule has 4 fully saturated rings. The van der Waals surface area contributed by atoms with Crippen molar-refractivity contribution in [3.8, 4) is 0 Å². The lowest BCUT2D eigenvalue weighted by molar-refractivity contribution is -0.203. The summed E-state index contributed by atoms with van der Waals surface area (Å²) in [6, 6.07) is 0. The molecule has 11 atom stereocenters. The molecule has 0 aromatic rings. The molecule has 0 aliphatic heterocycles. The number of aliphatic hydroxyl groups excluding tert-OH is 2. The average molecular weight is 450 g/mol. The highest BCUT2D eigenvalue weighted by Gasteiger charge is 2.64. The number of hydrogen-bond acceptors (Lipinski definition) is 4. The molecule has 1 amide bonds. The number of ether oxygens (including phenoxy) is 1. The zero-order valence-electron chi connectivity index (χ0n) is 21.0. The lowest BCUT2D eigenvalue weighted by Crippen LogP contribution is -2.62. The van der Waals surface area contributed by atoms with Gasteiger partial charge < -0.3 is 20.3 Å². The van der Waals surface area contributed by atoms with E-state index in [9.17, 15) is 15.0 Å². The standard InChI is InChI=1S/C27H47NO4/c1-6-18-22-15-17(29)9-12-27(22,4)21-10-13-26(3)19(7-8-20(26)23(21)24(18)30)16(2)11-14-28-25(31)32-5/h16-24,29-30H,6-15H2,1-5H3,(H,28,31)/t16-,17-,18-,19-,20+,21+,22+,23+,24-,26-,27-/m1/s1. The molecule has 32 heavy (non-hydrogen) atoms. The van der Waals surface area contributed by atoms with Crippen molar-refractivity contribution in [1.29, 1.82) is 0 Å². The quantitative estimate of drug-likeness (QED) is 0.552. The molecular weight excluding hydrogens is 402 g/mol. The first-order valence-electron chi connectivity index (χ1n) is 13.3. The molecular formula is C27H47NO4. The molecule has 0 unspecified atom stereocenters. The lowest BCUT2D eigenvalue weighted by Gasteiger charge is -2.64. The highest BCUT2D eigenvalue weighted by atomic mass is 16.5. The number of amides is 1. The first-order chi connectivity index (χ1) is 15.2. The Balaban J connectivity index is 1.54. The van der Waals surface area contributed by atoms with E-state index in [2.05, 4.69) is 33.0 Å². The fraction of sp³-hybridized carbons (Fsp3) is 0.963. The zero-order valence-corrected chi connectivity index (χ0v) is 21.0. The van der Waals surface area contributed by atoms with Crippen molar-refractivity contribution in [2.45, 2.75) is 97.7 Å². The van der Waals surface area contributed by atoms with Crippen LogP contribution in [0.15, 0.2) is 0 Å². The molecule has 4 saturated carbocycles. The Kier molecular flexibility index (Phi) is 6.91. The van der Waals surface area contributed by atoms with Crippen molar-refractivity contribution in [3.63, 3.8) is 0 Å². The van der Waals surface area contributed by atoms with E-state index in [1.54, 1.807) is 0 Å². The topological polar surface area (TPSA) is 78.8 Å². The first kappa shape index (κ1) is 24.3. The number of carbonyl (C=O) groups excluding carboxylic acids is 1. The molecule has 0 saturated heterocycles. The van der Waals surface area contributed by atoms with Crippen LogP contribution in [0.1, 0.15) is 85.5 Å². The second-order valence-corrected chi connectivity index (χ2v) is 12.3. The van der Waals surface area contributed by atoms with E-state index in [-0.39, 0.29) is 29.1 Å². The number of hydrogen-bond donors (Lipinski definition) is 3. The minimum atomic E-state index is -0.343. The van der Waals surface area contributed by atoms with Crippen LogP contribution in [0.3, 0.4) is 0 Å². The number of rotatable bonds is 5. The van der Waals surface area contributed by atoms with Gasteiger partial charge in [0.15, 0.2) is 0 Å². The van der Waals surface area contributed by atoms with Gasteiger partial charge in [0.05, 0.1) is 19.3 Å². The number of nitrogens with one attached hydrogen (secondary N) is 1. The van der Waals surface area contributed by atoms with Crippen molar-refractivity contribution in [1.82, 2.24) is 5.32 Å². The number of fused-ring (bicyclic) bond motifs is 5. The summed E-state index contributed by atoms with van der Waals surface area (Å²) in [5.41, 5.74) is 0.543. The highest BCUT2D eigenvalue weighted by molar-refractivity contribution is 5.66. The molecule has 0 spiro atoms. The monoisotopic (exact) mass is 449 g/mol. The SMILES string of the molecule is CC[C@H]1[C@@H](O)[C@@H]2[C@H](CC[C@]3(C)[C@@H]([C@H](C)CCNC(=O)OC)CC[C@@H]23)[C@@]2(C)CC[C@@H](O)C[C@@H]12. The molecule has 0 aromatic heterocycles. The van der Waals surface area contributed by atoms with Gasteiger partial charge in [0.1, 0.15) is 0 Å². The Hall–Kier alpha value is -0.810. The second kappa shape index (κ2) is 9.09. The van der Waals surface area contributed by atoms with Crippen LogP contribution in [0.25, 0.3) is 0 Å². The van der Waals surface area contributed by atoms with E-state index in [1.165, 1.54) is 32.8 Å². The summed E-state index contributed by atoms with van der Waals surface area (Å²) in [6.45, 7) is 10.3. The molecule has 4 rings (SSSR count). The van der Waals surface area contributed by atoms with Gasteiger partial charge in [-0.25, -0.2) is 4.79 Å². The van der Waals surface area contributed by atoms with Crippen LogP contribution in [0.5, 0.6) is 0 Å². The predicted octanol–water partition coefficient (Wildman–Crippen LogP) is 5.00. The van der Waals surface area contributed by atoms with Gasteiger partial charge in [-0.1, -0.05) is 34.1 Å². The summed E-state index contributed by atoms with van der Waals surface area (Å²) in [5.74, 6) is 3.56. The molecule has 0 aromatic carbocycles. The van der Waals surface area contributed by atoms with Gasteiger partial charge in [-0.3, -0.25) is 0 Å². The number of aliphatic hydroxyl groups is 2. The van der Waals surface area contributed by atoms with E-state index in [0.717, 1.165) is 32.1 Å². The maximum Gasteiger partial charge on any atom is 0.406 e. The van der Waals surface area contributed by atoms with Crippen molar-refractivity contribution < 1.29 is 19.7 Å². The van der Waals surface area contributed by atoms with Crippen LogP contribution in [0, 0.1) is 52.3 Å². The Morgan fingerprint density at radius 2 is 1.75 bits per heavy atom. The third-order valence-corrected chi connectivity index (χ3v) is 11.2. The molecule has 4 aliphatic carbocycles. The van der Waals surface area contributed by atoms with Crippen LogP contribution in [0.2, 0.25) is 0 Å². The van der Waals surface area contributed by atoms with Crippen molar-refractivity contribution in [2.24, 2.45) is 52.3 Å². The van der Waals surface area contributed by atoms with Crippen LogP contribution in [-0.2, 0) is 4.74 Å². The Morgan fingerprint density at radius 1 is 1.06 bits per heavy atom. The summed E-state index contributed by atoms with van der Waals surface area (Å²) in [4.78, 5) is 11.4. The average Bonchev–Trinajstić information content (AvgIpc) is 3.12. The van der Waals surface area contributed by atoms with Crippen LogP contribution < -0.4 is 5.32 Å². The maximum atomic E-state index is 11.8. The minimum absolute atomic E-state index is 0.185. The third-order valence-electron chi connectivity index (χ3n) is 11.2. The first-order valence-corrected chi connectivity index (χ1v) is 13.3. The van der Waals surface area contributed by atoms with Gasteiger partial charge in [-0.15, -0.1) is 0 Å². The molecule has 4 aliphatic rings. The predicted molar refractivity (Wildman–Crippen MR) is 126 cm³/mol. The van der Waals surface area contributed by atoms with Gasteiger partial charge in [0.2, 0.25) is 0 Å². The van der Waals surface area contributed by atoms with E-state index >= 15 is 0 Å². The number of carbonyl (C=O) groups is 1. The fourth-order valence-corrected chi connectivity index (χ4v) is 9.61. The van der Waals surface area contributed by atoms with Crippen LogP contribution in [-0.4, -0.2) is 42.2 Å². The summed E-state index contributed by atoms with van der Waals surface area (Å²) < 4.78 is 4.72. The van der Waals surface area contributed by atoms with Gasteiger partial charge in [-0.2, -0.15) is 0 Å². The zero-order chi connectivity index (χ0) is 23.3. The minimum Gasteiger partial charge on any atom is -0.453 e. The summed E-state index contributed by atoms with van der Waals surface area (Å²) in [7, 11) is 1.41. The maximum absolute atomic E-state index is 11.8. The third kappa shape index (κ3) is 3.79. The molecule has 5 nitrogen and oxygen atoms in total. The highest BCUT2D eigenvalue weighted by Crippen LogP contribution is 2.69. The van der Waals surface area contributed by atoms with Gasteiger partial charge >= 0.3 is 6.09 Å². The van der Waals surface area contributed by atoms with Gasteiger partial charge in [0.25, 0.3) is 0 Å². The van der Waals surface area contributed by atoms with E-state index in [0.29, 0.717) is 48.0 Å². The molecule has 5 heteroatoms. The van der Waals surface area contributed by atoms with Crippen molar-refractivity contribution >= 4 is 6.09 Å². The second-order valence-electron chi connectivity index (χ2n) is 12.3. The van der Waals surface area contributed by atoms with Crippen molar-refractivity contribution in [2.75, 3.05) is 13.7 Å². The number of methoxy groups -OCH3 is 1. The van der Waals surface area contributed by atoms with Gasteiger partial charge in [-0.05, 0) is 104 Å². The van der Waals surface area contributed by atoms with Crippen molar-refractivity contribution in [3.05, 3.63) is 0 Å². The fourth-order valence-electron chi connectivity index (χ4n) is 9.61. The molecule has 0 radical (unpaired) electrons. The largest absolute Gasteiger partial charge is 0.453 e. The van der Waals surface area contributed by atoms with E-state index in [1.807, 2.05) is 0 Å². The Morgan fingerprint density at radius 3 is 2.44 bits per heavy atom. The lowest BCUT2D eigenvalue weighted by atomic mass is 9.41. The Bertz CT molecular complexity index is 685. The van der Waals surface area contributed by atoms with E-state index in [4.69, 9.17) is 4.74 Å². The molecule has 0 bridgehead atoms. The molecule has 0 heterocycles.